The Hall–Kier alpha value is -3.62. The number of aliphatic carboxylic acids is 2. The van der Waals surface area contributed by atoms with Gasteiger partial charge in [-0.15, -0.1) is 0 Å². The SMILES string of the molecule is CC(=CCC(O)COc1ccc(C(C)(C)c2ccc(OCC(O)CC=C(C)C(=O)O)cc2)cc1)C(=O)O. The summed E-state index contributed by atoms with van der Waals surface area (Å²) in [6.07, 6.45) is 1.73. The van der Waals surface area contributed by atoms with Gasteiger partial charge in [-0.25, -0.2) is 9.59 Å². The van der Waals surface area contributed by atoms with Gasteiger partial charge in [-0.2, -0.15) is 0 Å². The quantitative estimate of drug-likeness (QED) is 0.275. The Morgan fingerprint density at radius 1 is 0.730 bits per heavy atom. The molecule has 200 valence electrons. The second kappa shape index (κ2) is 13.6. The molecule has 8 nitrogen and oxygen atoms in total. The molecule has 0 aromatic heterocycles. The van der Waals surface area contributed by atoms with Gasteiger partial charge in [0.25, 0.3) is 0 Å². The summed E-state index contributed by atoms with van der Waals surface area (Å²) in [6, 6.07) is 15.2. The molecule has 2 atom stereocenters. The second-order valence-electron chi connectivity index (χ2n) is 9.46. The van der Waals surface area contributed by atoms with Crippen molar-refractivity contribution in [3.05, 3.63) is 83.0 Å². The van der Waals surface area contributed by atoms with Gasteiger partial charge in [0.1, 0.15) is 24.7 Å². The van der Waals surface area contributed by atoms with Crippen molar-refractivity contribution in [2.24, 2.45) is 0 Å². The highest BCUT2D eigenvalue weighted by atomic mass is 16.5. The lowest BCUT2D eigenvalue weighted by molar-refractivity contribution is -0.133. The molecule has 0 aliphatic rings. The van der Waals surface area contributed by atoms with Crippen molar-refractivity contribution in [3.63, 3.8) is 0 Å². The molecule has 37 heavy (non-hydrogen) atoms. The predicted molar refractivity (Wildman–Crippen MR) is 140 cm³/mol. The lowest BCUT2D eigenvalue weighted by Gasteiger charge is -2.26. The second-order valence-corrected chi connectivity index (χ2v) is 9.46. The van der Waals surface area contributed by atoms with Crippen LogP contribution < -0.4 is 9.47 Å². The third-order valence-electron chi connectivity index (χ3n) is 6.10. The molecule has 0 amide bonds. The van der Waals surface area contributed by atoms with E-state index in [0.717, 1.165) is 11.1 Å². The summed E-state index contributed by atoms with van der Waals surface area (Å²) >= 11 is 0. The molecule has 4 N–H and O–H groups in total. The Labute approximate surface area is 217 Å². The van der Waals surface area contributed by atoms with Gasteiger partial charge in [0.2, 0.25) is 0 Å². The first-order valence-corrected chi connectivity index (χ1v) is 12.0. The molecule has 8 heteroatoms. The first kappa shape index (κ1) is 29.6. The number of aliphatic hydroxyl groups excluding tert-OH is 2. The highest BCUT2D eigenvalue weighted by Crippen LogP contribution is 2.33. The van der Waals surface area contributed by atoms with Crippen LogP contribution in [0.15, 0.2) is 71.8 Å². The highest BCUT2D eigenvalue weighted by molar-refractivity contribution is 5.86. The number of carbonyl (C=O) groups is 2. The van der Waals surface area contributed by atoms with Gasteiger partial charge in [-0.3, -0.25) is 0 Å². The van der Waals surface area contributed by atoms with Gasteiger partial charge >= 0.3 is 11.9 Å². The average Bonchev–Trinajstić information content (AvgIpc) is 2.88. The van der Waals surface area contributed by atoms with E-state index in [1.807, 2.05) is 48.5 Å². The Balaban J connectivity index is 1.92. The van der Waals surface area contributed by atoms with E-state index in [4.69, 9.17) is 19.7 Å². The van der Waals surface area contributed by atoms with E-state index in [0.29, 0.717) is 11.5 Å². The first-order chi connectivity index (χ1) is 17.4. The van der Waals surface area contributed by atoms with Crippen LogP contribution >= 0.6 is 0 Å². The topological polar surface area (TPSA) is 134 Å². The van der Waals surface area contributed by atoms with Crippen molar-refractivity contribution in [2.75, 3.05) is 13.2 Å². The Kier molecular flexibility index (Phi) is 10.9. The monoisotopic (exact) mass is 512 g/mol. The molecule has 0 radical (unpaired) electrons. The highest BCUT2D eigenvalue weighted by Gasteiger charge is 2.23. The molecule has 2 rings (SSSR count). The molecule has 2 unspecified atom stereocenters. The summed E-state index contributed by atoms with van der Waals surface area (Å²) < 4.78 is 11.3. The van der Waals surface area contributed by atoms with Crippen LogP contribution in [0, 0.1) is 0 Å². The molecule has 2 aromatic carbocycles. The number of hydrogen-bond acceptors (Lipinski definition) is 6. The number of hydrogen-bond donors (Lipinski definition) is 4. The molecular weight excluding hydrogens is 476 g/mol. The zero-order valence-electron chi connectivity index (χ0n) is 21.7. The van der Waals surface area contributed by atoms with Crippen LogP contribution in [0.5, 0.6) is 11.5 Å². The maximum atomic E-state index is 10.8. The fourth-order valence-corrected chi connectivity index (χ4v) is 3.42. The molecule has 0 bridgehead atoms. The average molecular weight is 513 g/mol. The van der Waals surface area contributed by atoms with Gasteiger partial charge in [0, 0.05) is 16.6 Å². The summed E-state index contributed by atoms with van der Waals surface area (Å²) in [7, 11) is 0. The van der Waals surface area contributed by atoms with Crippen molar-refractivity contribution in [1.82, 2.24) is 0 Å². The lowest BCUT2D eigenvalue weighted by atomic mass is 9.78. The van der Waals surface area contributed by atoms with Crippen LogP contribution in [-0.2, 0) is 15.0 Å². The van der Waals surface area contributed by atoms with Crippen molar-refractivity contribution < 1.29 is 39.5 Å². The third-order valence-corrected chi connectivity index (χ3v) is 6.10. The summed E-state index contributed by atoms with van der Waals surface area (Å²) in [5.41, 5.74) is 2.18. The van der Waals surface area contributed by atoms with E-state index in [9.17, 15) is 19.8 Å². The van der Waals surface area contributed by atoms with E-state index >= 15 is 0 Å². The summed E-state index contributed by atoms with van der Waals surface area (Å²) in [5, 5.41) is 37.8. The Bertz CT molecular complexity index is 1010. The molecule has 0 aliphatic heterocycles. The summed E-state index contributed by atoms with van der Waals surface area (Å²) in [5.74, 6) is -0.809. The minimum atomic E-state index is -1.01. The first-order valence-electron chi connectivity index (χ1n) is 12.0. The van der Waals surface area contributed by atoms with Gasteiger partial charge < -0.3 is 29.9 Å². The van der Waals surface area contributed by atoms with E-state index in [1.165, 1.54) is 26.0 Å². The van der Waals surface area contributed by atoms with E-state index < -0.39 is 24.1 Å². The number of carboxylic acid groups (broad SMARTS) is 2. The molecule has 0 fully saturated rings. The fourth-order valence-electron chi connectivity index (χ4n) is 3.42. The van der Waals surface area contributed by atoms with Gasteiger partial charge in [-0.05, 0) is 62.1 Å². The molecule has 0 aliphatic carbocycles. The normalized spacial score (nSPS) is 14.1. The predicted octanol–water partition coefficient (Wildman–Crippen LogP) is 4.33. The van der Waals surface area contributed by atoms with Crippen molar-refractivity contribution in [2.45, 2.75) is 58.2 Å². The van der Waals surface area contributed by atoms with E-state index in [2.05, 4.69) is 13.8 Å². The minimum absolute atomic E-state index is 0.0533. The van der Waals surface area contributed by atoms with E-state index in [-0.39, 0.29) is 42.6 Å². The minimum Gasteiger partial charge on any atom is -0.491 e. The van der Waals surface area contributed by atoms with Crippen LogP contribution in [0.25, 0.3) is 0 Å². The van der Waals surface area contributed by atoms with E-state index in [1.54, 1.807) is 0 Å². The van der Waals surface area contributed by atoms with Gasteiger partial charge in [0.05, 0.1) is 12.2 Å². The summed E-state index contributed by atoms with van der Waals surface area (Å²) in [4.78, 5) is 21.6. The molecule has 0 saturated heterocycles. The molecule has 0 heterocycles. The van der Waals surface area contributed by atoms with Crippen molar-refractivity contribution >= 4 is 11.9 Å². The van der Waals surface area contributed by atoms with Crippen LogP contribution in [0.1, 0.15) is 51.7 Å². The molecular formula is C29H36O8. The molecule has 2 aromatic rings. The number of carboxylic acids is 2. The van der Waals surface area contributed by atoms with Gasteiger partial charge in [0.15, 0.2) is 0 Å². The van der Waals surface area contributed by atoms with Gasteiger partial charge in [-0.1, -0.05) is 50.3 Å². The Morgan fingerprint density at radius 2 is 1.05 bits per heavy atom. The number of benzene rings is 2. The largest absolute Gasteiger partial charge is 0.491 e. The number of rotatable bonds is 14. The van der Waals surface area contributed by atoms with Crippen LogP contribution in [0.3, 0.4) is 0 Å². The zero-order chi connectivity index (χ0) is 27.6. The smallest absolute Gasteiger partial charge is 0.330 e. The Morgan fingerprint density at radius 3 is 1.35 bits per heavy atom. The lowest BCUT2D eigenvalue weighted by Crippen LogP contribution is -2.20. The number of ether oxygens (including phenoxy) is 2. The maximum absolute atomic E-state index is 10.8. The summed E-state index contributed by atoms with van der Waals surface area (Å²) in [6.45, 7) is 7.26. The van der Waals surface area contributed by atoms with Crippen LogP contribution in [-0.4, -0.2) is 57.8 Å². The van der Waals surface area contributed by atoms with Crippen molar-refractivity contribution in [1.29, 1.82) is 0 Å². The van der Waals surface area contributed by atoms with Crippen molar-refractivity contribution in [3.8, 4) is 11.5 Å². The fraction of sp³-hybridized carbons (Fsp3) is 0.379. The standard InChI is InChI=1S/C29H36O8/c1-19(27(32)33)5-11-23(30)17-36-25-13-7-21(8-14-25)29(3,4)22-9-15-26(16-10-22)37-18-24(31)12-6-20(2)28(34)35/h5-10,13-16,23-24,30-31H,11-12,17-18H2,1-4H3,(H,32,33)(H,34,35). The van der Waals surface area contributed by atoms with Crippen LogP contribution in [0.2, 0.25) is 0 Å². The third kappa shape index (κ3) is 9.40. The number of aliphatic hydroxyl groups is 2. The molecule has 0 saturated carbocycles. The zero-order valence-corrected chi connectivity index (χ0v) is 21.7. The molecule has 0 spiro atoms. The maximum Gasteiger partial charge on any atom is 0.330 e. The van der Waals surface area contributed by atoms with Crippen LogP contribution in [0.4, 0.5) is 0 Å².